The third kappa shape index (κ3) is 2.88. The summed E-state index contributed by atoms with van der Waals surface area (Å²) in [5.74, 6) is 1.01. The number of imidazole rings is 1. The topological polar surface area (TPSA) is 61.0 Å². The lowest BCUT2D eigenvalue weighted by Gasteiger charge is -2.26. The number of rotatable bonds is 2. The lowest BCUT2D eigenvalue weighted by molar-refractivity contribution is 0.0724. The Bertz CT molecular complexity index is 692. The quantitative estimate of drug-likeness (QED) is 0.895. The minimum Gasteiger partial charge on any atom is -0.341 e. The standard InChI is InChI=1S/C18H22N4O/c23-18(22-9-2-1-3-10-22)14-6-4-5-13(11-14)17-20-15-7-8-19-12-16(15)21-17/h4-6,11,19H,1-3,7-10,12H2,(H,20,21). The van der Waals surface area contributed by atoms with Gasteiger partial charge >= 0.3 is 0 Å². The Morgan fingerprint density at radius 2 is 2.04 bits per heavy atom. The molecule has 2 aliphatic rings. The summed E-state index contributed by atoms with van der Waals surface area (Å²) >= 11 is 0. The molecule has 5 nitrogen and oxygen atoms in total. The molecule has 4 rings (SSSR count). The maximum absolute atomic E-state index is 12.7. The van der Waals surface area contributed by atoms with Crippen molar-refractivity contribution in [2.75, 3.05) is 19.6 Å². The average Bonchev–Trinajstić information content (AvgIpc) is 3.06. The summed E-state index contributed by atoms with van der Waals surface area (Å²) in [7, 11) is 0. The van der Waals surface area contributed by atoms with Gasteiger partial charge in [0, 0.05) is 43.7 Å². The molecule has 0 atom stereocenters. The van der Waals surface area contributed by atoms with E-state index >= 15 is 0 Å². The van der Waals surface area contributed by atoms with E-state index in [-0.39, 0.29) is 5.91 Å². The number of aromatic amines is 1. The Balaban J connectivity index is 1.60. The van der Waals surface area contributed by atoms with E-state index in [1.807, 2.05) is 29.2 Å². The first-order valence-electron chi connectivity index (χ1n) is 8.49. The van der Waals surface area contributed by atoms with Crippen LogP contribution in [0.5, 0.6) is 0 Å². The van der Waals surface area contributed by atoms with Gasteiger partial charge in [-0.15, -0.1) is 0 Å². The van der Waals surface area contributed by atoms with Crippen LogP contribution in [0.25, 0.3) is 11.4 Å². The van der Waals surface area contributed by atoms with Crippen molar-refractivity contribution in [1.82, 2.24) is 20.2 Å². The van der Waals surface area contributed by atoms with E-state index in [0.717, 1.165) is 68.1 Å². The molecule has 3 heterocycles. The van der Waals surface area contributed by atoms with Crippen LogP contribution in [0.15, 0.2) is 24.3 Å². The number of nitrogens with one attached hydrogen (secondary N) is 2. The Morgan fingerprint density at radius 1 is 1.17 bits per heavy atom. The highest BCUT2D eigenvalue weighted by molar-refractivity contribution is 5.95. The molecule has 0 bridgehead atoms. The number of benzene rings is 1. The second-order valence-corrected chi connectivity index (χ2v) is 6.37. The Kier molecular flexibility index (Phi) is 3.87. The van der Waals surface area contributed by atoms with Gasteiger partial charge < -0.3 is 15.2 Å². The number of carbonyl (C=O) groups is 1. The number of amides is 1. The number of aromatic nitrogens is 2. The van der Waals surface area contributed by atoms with E-state index in [1.54, 1.807) is 0 Å². The van der Waals surface area contributed by atoms with Crippen molar-refractivity contribution in [3.63, 3.8) is 0 Å². The molecule has 5 heteroatoms. The van der Waals surface area contributed by atoms with Gasteiger partial charge in [-0.3, -0.25) is 4.79 Å². The lowest BCUT2D eigenvalue weighted by atomic mass is 10.1. The van der Waals surface area contributed by atoms with Crippen LogP contribution >= 0.6 is 0 Å². The summed E-state index contributed by atoms with van der Waals surface area (Å²) in [6.07, 6.45) is 4.42. The van der Waals surface area contributed by atoms with Gasteiger partial charge in [0.25, 0.3) is 5.91 Å². The van der Waals surface area contributed by atoms with Crippen LogP contribution in [0.1, 0.15) is 41.0 Å². The fourth-order valence-electron chi connectivity index (χ4n) is 3.43. The maximum atomic E-state index is 12.7. The second kappa shape index (κ2) is 6.16. The van der Waals surface area contributed by atoms with Crippen molar-refractivity contribution >= 4 is 5.91 Å². The lowest BCUT2D eigenvalue weighted by Crippen LogP contribution is -2.35. The van der Waals surface area contributed by atoms with E-state index in [2.05, 4.69) is 10.3 Å². The van der Waals surface area contributed by atoms with Crippen LogP contribution in [0.3, 0.4) is 0 Å². The van der Waals surface area contributed by atoms with Crippen molar-refractivity contribution in [1.29, 1.82) is 0 Å². The van der Waals surface area contributed by atoms with Gasteiger partial charge in [0.2, 0.25) is 0 Å². The van der Waals surface area contributed by atoms with E-state index in [4.69, 9.17) is 4.98 Å². The minimum absolute atomic E-state index is 0.143. The van der Waals surface area contributed by atoms with Gasteiger partial charge in [-0.25, -0.2) is 4.98 Å². The summed E-state index contributed by atoms with van der Waals surface area (Å²) in [4.78, 5) is 22.7. The molecule has 0 spiro atoms. The van der Waals surface area contributed by atoms with Gasteiger partial charge in [0.1, 0.15) is 5.82 Å². The molecule has 1 fully saturated rings. The third-order valence-electron chi connectivity index (χ3n) is 4.73. The van der Waals surface area contributed by atoms with E-state index in [0.29, 0.717) is 0 Å². The Morgan fingerprint density at radius 3 is 2.87 bits per heavy atom. The molecule has 0 unspecified atom stereocenters. The molecule has 0 aliphatic carbocycles. The summed E-state index contributed by atoms with van der Waals surface area (Å²) in [6, 6.07) is 7.84. The Labute approximate surface area is 136 Å². The van der Waals surface area contributed by atoms with Gasteiger partial charge in [-0.05, 0) is 31.4 Å². The highest BCUT2D eigenvalue weighted by Gasteiger charge is 2.19. The second-order valence-electron chi connectivity index (χ2n) is 6.37. The minimum atomic E-state index is 0.143. The highest BCUT2D eigenvalue weighted by Crippen LogP contribution is 2.22. The largest absolute Gasteiger partial charge is 0.341 e. The maximum Gasteiger partial charge on any atom is 0.253 e. The fourth-order valence-corrected chi connectivity index (χ4v) is 3.43. The van der Waals surface area contributed by atoms with Crippen LogP contribution in [0, 0.1) is 0 Å². The summed E-state index contributed by atoms with van der Waals surface area (Å²) in [6.45, 7) is 3.58. The van der Waals surface area contributed by atoms with Crippen LogP contribution in [-0.4, -0.2) is 40.4 Å². The predicted molar refractivity (Wildman–Crippen MR) is 89.2 cm³/mol. The van der Waals surface area contributed by atoms with Crippen molar-refractivity contribution in [3.05, 3.63) is 41.2 Å². The molecule has 1 aromatic carbocycles. The first kappa shape index (κ1) is 14.5. The smallest absolute Gasteiger partial charge is 0.253 e. The van der Waals surface area contributed by atoms with Crippen LogP contribution in [-0.2, 0) is 13.0 Å². The molecule has 23 heavy (non-hydrogen) atoms. The number of likely N-dealkylation sites (tertiary alicyclic amines) is 1. The van der Waals surface area contributed by atoms with Gasteiger partial charge in [-0.2, -0.15) is 0 Å². The van der Waals surface area contributed by atoms with Crippen LogP contribution in [0.4, 0.5) is 0 Å². The van der Waals surface area contributed by atoms with Gasteiger partial charge in [0.15, 0.2) is 0 Å². The molecular weight excluding hydrogens is 288 g/mol. The van der Waals surface area contributed by atoms with E-state index in [1.165, 1.54) is 12.1 Å². The normalized spacial score (nSPS) is 17.8. The average molecular weight is 310 g/mol. The van der Waals surface area contributed by atoms with Gasteiger partial charge in [-0.1, -0.05) is 12.1 Å². The molecule has 0 saturated carbocycles. The molecule has 2 N–H and O–H groups in total. The predicted octanol–water partition coefficient (Wildman–Crippen LogP) is 2.35. The summed E-state index contributed by atoms with van der Waals surface area (Å²) in [5, 5.41) is 3.35. The zero-order chi connectivity index (χ0) is 15.6. The van der Waals surface area contributed by atoms with Crippen molar-refractivity contribution in [2.24, 2.45) is 0 Å². The Hall–Kier alpha value is -2.14. The zero-order valence-electron chi connectivity index (χ0n) is 13.3. The van der Waals surface area contributed by atoms with Crippen molar-refractivity contribution in [3.8, 4) is 11.4 Å². The van der Waals surface area contributed by atoms with Gasteiger partial charge in [0.05, 0.1) is 11.4 Å². The number of hydrogen-bond donors (Lipinski definition) is 2. The van der Waals surface area contributed by atoms with Crippen LogP contribution in [0.2, 0.25) is 0 Å². The number of piperidine rings is 1. The molecule has 2 aliphatic heterocycles. The molecule has 2 aromatic rings. The van der Waals surface area contributed by atoms with Crippen molar-refractivity contribution in [2.45, 2.75) is 32.2 Å². The zero-order valence-corrected chi connectivity index (χ0v) is 13.3. The number of H-pyrrole nitrogens is 1. The summed E-state index contributed by atoms with van der Waals surface area (Å²) < 4.78 is 0. The molecule has 1 aromatic heterocycles. The number of fused-ring (bicyclic) bond motifs is 1. The van der Waals surface area contributed by atoms with Crippen molar-refractivity contribution < 1.29 is 4.79 Å². The third-order valence-corrected chi connectivity index (χ3v) is 4.73. The number of nitrogens with zero attached hydrogens (tertiary/aromatic N) is 2. The van der Waals surface area contributed by atoms with Crippen LogP contribution < -0.4 is 5.32 Å². The molecule has 1 saturated heterocycles. The summed E-state index contributed by atoms with van der Waals surface area (Å²) in [5.41, 5.74) is 4.06. The first-order chi connectivity index (χ1) is 11.3. The van der Waals surface area contributed by atoms with E-state index in [9.17, 15) is 4.79 Å². The highest BCUT2D eigenvalue weighted by atomic mass is 16.2. The number of hydrogen-bond acceptors (Lipinski definition) is 3. The molecule has 0 radical (unpaired) electrons. The molecule has 120 valence electrons. The molecular formula is C18H22N4O. The molecule has 1 amide bonds. The first-order valence-corrected chi connectivity index (χ1v) is 8.49. The van der Waals surface area contributed by atoms with E-state index < -0.39 is 0 Å². The monoisotopic (exact) mass is 310 g/mol. The number of carbonyl (C=O) groups excluding carboxylic acids is 1. The fraction of sp³-hybridized carbons (Fsp3) is 0.444. The SMILES string of the molecule is O=C(c1cccc(-c2nc3c([nH]2)CNCC3)c1)N1CCCCC1.